The van der Waals surface area contributed by atoms with E-state index in [-0.39, 0.29) is 16.4 Å². The Morgan fingerprint density at radius 1 is 1.44 bits per heavy atom. The van der Waals surface area contributed by atoms with Crippen LogP contribution in [-0.4, -0.2) is 18.6 Å². The number of H-pyrrole nitrogens is 1. The van der Waals surface area contributed by atoms with Crippen molar-refractivity contribution in [3.63, 3.8) is 0 Å². The predicted molar refractivity (Wildman–Crippen MR) is 67.9 cm³/mol. The number of anilines is 2. The van der Waals surface area contributed by atoms with E-state index in [1.54, 1.807) is 0 Å². The Labute approximate surface area is 111 Å². The van der Waals surface area contributed by atoms with Gasteiger partial charge in [-0.2, -0.15) is 5.10 Å². The fourth-order valence-corrected chi connectivity index (χ4v) is 2.70. The number of sulfonamides is 1. The average molecular weight is 335 g/mol. The van der Waals surface area contributed by atoms with E-state index in [2.05, 4.69) is 30.8 Å². The van der Waals surface area contributed by atoms with E-state index < -0.39 is 15.8 Å². The van der Waals surface area contributed by atoms with Crippen LogP contribution in [0, 0.1) is 5.82 Å². The van der Waals surface area contributed by atoms with Crippen LogP contribution in [0.4, 0.5) is 15.9 Å². The van der Waals surface area contributed by atoms with Gasteiger partial charge in [0.15, 0.2) is 0 Å². The molecule has 1 aromatic carbocycles. The summed E-state index contributed by atoms with van der Waals surface area (Å²) in [6, 6.07) is 3.96. The number of rotatable bonds is 3. The van der Waals surface area contributed by atoms with Crippen molar-refractivity contribution in [2.75, 3.05) is 10.5 Å². The molecule has 96 valence electrons. The first-order valence-electron chi connectivity index (χ1n) is 4.67. The van der Waals surface area contributed by atoms with Crippen LogP contribution < -0.4 is 10.5 Å². The fourth-order valence-electron chi connectivity index (χ4n) is 1.27. The van der Waals surface area contributed by atoms with Gasteiger partial charge in [-0.3, -0.25) is 9.82 Å². The van der Waals surface area contributed by atoms with Crippen molar-refractivity contribution in [1.82, 2.24) is 10.2 Å². The highest BCUT2D eigenvalue weighted by Gasteiger charge is 2.20. The van der Waals surface area contributed by atoms with Crippen LogP contribution in [0.25, 0.3) is 0 Å². The van der Waals surface area contributed by atoms with Gasteiger partial charge in [-0.15, -0.1) is 0 Å². The van der Waals surface area contributed by atoms with Gasteiger partial charge in [0.05, 0.1) is 11.9 Å². The number of hydrogen-bond acceptors (Lipinski definition) is 4. The second-order valence-electron chi connectivity index (χ2n) is 3.38. The van der Waals surface area contributed by atoms with Gasteiger partial charge in [0.2, 0.25) is 0 Å². The Kier molecular flexibility index (Phi) is 3.26. The lowest BCUT2D eigenvalue weighted by Gasteiger charge is -2.08. The molecule has 0 aliphatic carbocycles. The average Bonchev–Trinajstić information content (AvgIpc) is 2.69. The van der Waals surface area contributed by atoms with Gasteiger partial charge < -0.3 is 5.73 Å². The SMILES string of the molecule is Nc1[nH]ncc1S(=O)(=O)Nc1ccc(Br)cc1F. The summed E-state index contributed by atoms with van der Waals surface area (Å²) in [6.07, 6.45) is 1.05. The van der Waals surface area contributed by atoms with Gasteiger partial charge in [0.1, 0.15) is 16.5 Å². The number of aromatic nitrogens is 2. The standard InChI is InChI=1S/C9H8BrFN4O2S/c10-5-1-2-7(6(11)3-5)15-18(16,17)8-4-13-14-9(8)12/h1-4,15H,(H3,12,13,14). The maximum atomic E-state index is 13.5. The van der Waals surface area contributed by atoms with Gasteiger partial charge in [-0.25, -0.2) is 12.8 Å². The summed E-state index contributed by atoms with van der Waals surface area (Å²) < 4.78 is 39.9. The number of nitrogens with zero attached hydrogens (tertiary/aromatic N) is 1. The molecular weight excluding hydrogens is 327 g/mol. The molecule has 4 N–H and O–H groups in total. The number of halogens is 2. The molecule has 0 aliphatic rings. The molecular formula is C9H8BrFN4O2S. The first kappa shape index (κ1) is 12.8. The summed E-state index contributed by atoms with van der Waals surface area (Å²) >= 11 is 3.07. The van der Waals surface area contributed by atoms with Gasteiger partial charge in [-0.05, 0) is 18.2 Å². The number of benzene rings is 1. The van der Waals surface area contributed by atoms with Crippen molar-refractivity contribution in [3.8, 4) is 0 Å². The minimum atomic E-state index is -3.96. The Morgan fingerprint density at radius 3 is 2.72 bits per heavy atom. The van der Waals surface area contributed by atoms with E-state index in [0.717, 1.165) is 12.3 Å². The highest BCUT2D eigenvalue weighted by molar-refractivity contribution is 9.10. The van der Waals surface area contributed by atoms with E-state index in [1.807, 2.05) is 0 Å². The molecule has 1 heterocycles. The maximum Gasteiger partial charge on any atom is 0.267 e. The lowest BCUT2D eigenvalue weighted by molar-refractivity contribution is 0.599. The normalized spacial score (nSPS) is 11.4. The minimum absolute atomic E-state index is 0.111. The molecule has 1 aromatic heterocycles. The maximum absolute atomic E-state index is 13.5. The largest absolute Gasteiger partial charge is 0.383 e. The summed E-state index contributed by atoms with van der Waals surface area (Å²) in [5.74, 6) is -0.810. The minimum Gasteiger partial charge on any atom is -0.383 e. The van der Waals surface area contributed by atoms with Crippen LogP contribution in [0.5, 0.6) is 0 Å². The number of aromatic amines is 1. The summed E-state index contributed by atoms with van der Waals surface area (Å²) in [6.45, 7) is 0. The molecule has 0 fully saturated rings. The van der Waals surface area contributed by atoms with Crippen molar-refractivity contribution < 1.29 is 12.8 Å². The van der Waals surface area contributed by atoms with E-state index in [9.17, 15) is 12.8 Å². The third-order valence-electron chi connectivity index (χ3n) is 2.10. The molecule has 0 amide bonds. The molecule has 0 bridgehead atoms. The lowest BCUT2D eigenvalue weighted by Crippen LogP contribution is -2.14. The molecule has 18 heavy (non-hydrogen) atoms. The lowest BCUT2D eigenvalue weighted by atomic mass is 10.3. The molecule has 6 nitrogen and oxygen atoms in total. The van der Waals surface area contributed by atoms with Gasteiger partial charge in [0, 0.05) is 4.47 Å². The zero-order chi connectivity index (χ0) is 13.3. The molecule has 0 atom stereocenters. The number of hydrogen-bond donors (Lipinski definition) is 3. The van der Waals surface area contributed by atoms with Crippen molar-refractivity contribution in [3.05, 3.63) is 34.7 Å². The predicted octanol–water partition coefficient (Wildman–Crippen LogP) is 1.69. The molecule has 0 unspecified atom stereocenters. The topological polar surface area (TPSA) is 101 Å². The highest BCUT2D eigenvalue weighted by Crippen LogP contribution is 2.23. The molecule has 0 saturated heterocycles. The van der Waals surface area contributed by atoms with Crippen LogP contribution in [0.2, 0.25) is 0 Å². The zero-order valence-corrected chi connectivity index (χ0v) is 11.2. The Balaban J connectivity index is 2.37. The summed E-state index contributed by atoms with van der Waals surface area (Å²) in [5.41, 5.74) is 5.24. The Hall–Kier alpha value is -1.61. The van der Waals surface area contributed by atoms with Gasteiger partial charge in [0.25, 0.3) is 10.0 Å². The van der Waals surface area contributed by atoms with Crippen LogP contribution in [-0.2, 0) is 10.0 Å². The first-order valence-corrected chi connectivity index (χ1v) is 6.94. The van der Waals surface area contributed by atoms with Crippen LogP contribution >= 0.6 is 15.9 Å². The number of nitrogen functional groups attached to an aromatic ring is 1. The molecule has 0 aliphatic heterocycles. The molecule has 0 saturated carbocycles. The van der Waals surface area contributed by atoms with Gasteiger partial charge in [-0.1, -0.05) is 15.9 Å². The zero-order valence-electron chi connectivity index (χ0n) is 8.81. The van der Waals surface area contributed by atoms with E-state index >= 15 is 0 Å². The Morgan fingerprint density at radius 2 is 2.17 bits per heavy atom. The third kappa shape index (κ3) is 2.46. The molecule has 0 spiro atoms. The number of nitrogens with two attached hydrogens (primary N) is 1. The monoisotopic (exact) mass is 334 g/mol. The summed E-state index contributed by atoms with van der Waals surface area (Å²) in [5, 5.41) is 5.79. The summed E-state index contributed by atoms with van der Waals surface area (Å²) in [7, 11) is -3.96. The second kappa shape index (κ2) is 4.58. The van der Waals surface area contributed by atoms with E-state index in [4.69, 9.17) is 5.73 Å². The van der Waals surface area contributed by atoms with Crippen molar-refractivity contribution in [2.24, 2.45) is 0 Å². The number of nitrogens with one attached hydrogen (secondary N) is 2. The van der Waals surface area contributed by atoms with E-state index in [1.165, 1.54) is 12.1 Å². The molecule has 2 aromatic rings. The fraction of sp³-hybridized carbons (Fsp3) is 0. The van der Waals surface area contributed by atoms with Crippen LogP contribution in [0.1, 0.15) is 0 Å². The molecule has 2 rings (SSSR count). The Bertz CT molecular complexity index is 686. The smallest absolute Gasteiger partial charge is 0.267 e. The second-order valence-corrected chi connectivity index (χ2v) is 5.94. The highest BCUT2D eigenvalue weighted by atomic mass is 79.9. The third-order valence-corrected chi connectivity index (χ3v) is 3.98. The molecule has 9 heteroatoms. The van der Waals surface area contributed by atoms with Crippen molar-refractivity contribution in [1.29, 1.82) is 0 Å². The molecule has 0 radical (unpaired) electrons. The van der Waals surface area contributed by atoms with Crippen LogP contribution in [0.15, 0.2) is 33.8 Å². The first-order chi connectivity index (χ1) is 8.40. The summed E-state index contributed by atoms with van der Waals surface area (Å²) in [4.78, 5) is -0.232. The van der Waals surface area contributed by atoms with Crippen LogP contribution in [0.3, 0.4) is 0 Å². The van der Waals surface area contributed by atoms with Gasteiger partial charge >= 0.3 is 0 Å². The van der Waals surface area contributed by atoms with Crippen molar-refractivity contribution in [2.45, 2.75) is 4.90 Å². The quantitative estimate of drug-likeness (QED) is 0.795. The van der Waals surface area contributed by atoms with E-state index in [0.29, 0.717) is 4.47 Å². The van der Waals surface area contributed by atoms with Crippen molar-refractivity contribution >= 4 is 37.5 Å².